The second-order valence-corrected chi connectivity index (χ2v) is 4.26. The van der Waals surface area contributed by atoms with E-state index < -0.39 is 48.4 Å². The smallest absolute Gasteiger partial charge is 0.320 e. The van der Waals surface area contributed by atoms with E-state index in [2.05, 4.69) is 0 Å². The van der Waals surface area contributed by atoms with Crippen molar-refractivity contribution in [2.75, 3.05) is 0 Å². The van der Waals surface area contributed by atoms with Gasteiger partial charge in [0.15, 0.2) is 0 Å². The first kappa shape index (κ1) is 17.8. The van der Waals surface area contributed by atoms with E-state index in [1.165, 1.54) is 0 Å². The highest BCUT2D eigenvalue weighted by atomic mass is 16.4. The van der Waals surface area contributed by atoms with E-state index in [1.807, 2.05) is 0 Å². The Kier molecular flexibility index (Phi) is 6.63. The van der Waals surface area contributed by atoms with Gasteiger partial charge in [-0.15, -0.1) is 0 Å². The summed E-state index contributed by atoms with van der Waals surface area (Å²) < 4.78 is 0. The maximum absolute atomic E-state index is 11.2. The van der Waals surface area contributed by atoms with Gasteiger partial charge in [0.2, 0.25) is 0 Å². The van der Waals surface area contributed by atoms with Gasteiger partial charge in [0.25, 0.3) is 0 Å². The predicted octanol–water partition coefficient (Wildman–Crippen LogP) is -0.447. The van der Waals surface area contributed by atoms with E-state index >= 15 is 0 Å². The van der Waals surface area contributed by atoms with Crippen molar-refractivity contribution >= 4 is 23.9 Å². The van der Waals surface area contributed by atoms with Crippen LogP contribution in [0.4, 0.5) is 0 Å². The summed E-state index contributed by atoms with van der Waals surface area (Å²) in [5, 5.41) is 35.6. The molecule has 114 valence electrons. The van der Waals surface area contributed by atoms with Crippen LogP contribution in [0.2, 0.25) is 0 Å². The van der Waals surface area contributed by atoms with Crippen LogP contribution in [0.25, 0.3) is 0 Å². The summed E-state index contributed by atoms with van der Waals surface area (Å²) in [6.45, 7) is 2.30. The van der Waals surface area contributed by atoms with E-state index in [-0.39, 0.29) is 6.42 Å². The predicted molar refractivity (Wildman–Crippen MR) is 64.3 cm³/mol. The van der Waals surface area contributed by atoms with Gasteiger partial charge in [0.1, 0.15) is 18.1 Å². The van der Waals surface area contributed by atoms with Crippen LogP contribution >= 0.6 is 0 Å². The lowest BCUT2D eigenvalue weighted by Crippen LogP contribution is -2.56. The Labute approximate surface area is 114 Å². The zero-order chi connectivity index (χ0) is 16.0. The standard InChI is InChI=1S/C11H17NO8/c1-5(9(15)16)12(6(2)10(17)18)7(11(19)20)3-4-8(13)14/h5-7H,3-4H2,1-2H3,(H,13,14)(H,15,16)(H,17,18)(H,19,20)/t5?,6?,7-/m0/s1. The van der Waals surface area contributed by atoms with Gasteiger partial charge >= 0.3 is 23.9 Å². The molecule has 2 unspecified atom stereocenters. The SMILES string of the molecule is CC(C(=O)O)N(C(C)C(=O)O)[C@@H](CCC(=O)O)C(=O)O. The van der Waals surface area contributed by atoms with Crippen LogP contribution in [0, 0.1) is 0 Å². The first-order chi connectivity index (χ1) is 9.09. The summed E-state index contributed by atoms with van der Waals surface area (Å²) in [6.07, 6.45) is -0.897. The van der Waals surface area contributed by atoms with Crippen molar-refractivity contribution in [1.29, 1.82) is 0 Å². The van der Waals surface area contributed by atoms with Gasteiger partial charge in [-0.3, -0.25) is 24.1 Å². The zero-order valence-corrected chi connectivity index (χ0v) is 11.0. The van der Waals surface area contributed by atoms with Crippen molar-refractivity contribution in [2.45, 2.75) is 44.8 Å². The van der Waals surface area contributed by atoms with E-state index in [0.717, 1.165) is 18.7 Å². The average molecular weight is 291 g/mol. The summed E-state index contributed by atoms with van der Waals surface area (Å²) in [6, 6.07) is -4.27. The number of carboxylic acids is 4. The maximum Gasteiger partial charge on any atom is 0.320 e. The third-order valence-electron chi connectivity index (χ3n) is 2.89. The minimum absolute atomic E-state index is 0.389. The molecule has 9 heteroatoms. The molecule has 0 rings (SSSR count). The lowest BCUT2D eigenvalue weighted by atomic mass is 10.0. The number of nitrogens with zero attached hydrogens (tertiary/aromatic N) is 1. The molecule has 0 aromatic rings. The molecule has 0 aliphatic carbocycles. The van der Waals surface area contributed by atoms with Gasteiger partial charge in [0.05, 0.1) is 0 Å². The molecule has 0 spiro atoms. The molecule has 0 saturated carbocycles. The Bertz CT molecular complexity index is 387. The molecule has 9 nitrogen and oxygen atoms in total. The molecule has 20 heavy (non-hydrogen) atoms. The number of carboxylic acid groups (broad SMARTS) is 4. The normalized spacial score (nSPS) is 15.3. The van der Waals surface area contributed by atoms with Crippen molar-refractivity contribution in [2.24, 2.45) is 0 Å². The van der Waals surface area contributed by atoms with E-state index in [0.29, 0.717) is 0 Å². The largest absolute Gasteiger partial charge is 0.481 e. The first-order valence-corrected chi connectivity index (χ1v) is 5.77. The monoisotopic (exact) mass is 291 g/mol. The average Bonchev–Trinajstić information content (AvgIpc) is 2.31. The number of aliphatic carboxylic acids is 4. The molecule has 0 radical (unpaired) electrons. The Morgan fingerprint density at radius 2 is 1.25 bits per heavy atom. The molecule has 0 heterocycles. The molecular formula is C11H17NO8. The highest BCUT2D eigenvalue weighted by Gasteiger charge is 2.38. The van der Waals surface area contributed by atoms with Crippen LogP contribution in [0.1, 0.15) is 26.7 Å². The minimum Gasteiger partial charge on any atom is -0.481 e. The minimum atomic E-state index is -1.51. The quantitative estimate of drug-likeness (QED) is 0.442. The maximum atomic E-state index is 11.2. The van der Waals surface area contributed by atoms with Crippen molar-refractivity contribution in [3.8, 4) is 0 Å². The zero-order valence-electron chi connectivity index (χ0n) is 11.0. The van der Waals surface area contributed by atoms with Crippen LogP contribution in [0.5, 0.6) is 0 Å². The van der Waals surface area contributed by atoms with E-state index in [4.69, 9.17) is 20.4 Å². The fourth-order valence-corrected chi connectivity index (χ4v) is 1.79. The second kappa shape index (κ2) is 7.43. The Morgan fingerprint density at radius 3 is 1.50 bits per heavy atom. The Hall–Kier alpha value is -2.16. The lowest BCUT2D eigenvalue weighted by molar-refractivity contribution is -0.157. The van der Waals surface area contributed by atoms with Gasteiger partial charge in [0, 0.05) is 6.42 Å². The van der Waals surface area contributed by atoms with E-state index in [1.54, 1.807) is 0 Å². The van der Waals surface area contributed by atoms with Crippen LogP contribution in [-0.2, 0) is 19.2 Å². The number of carbonyl (C=O) groups is 4. The molecule has 0 aromatic carbocycles. The van der Waals surface area contributed by atoms with Gasteiger partial charge in [-0.1, -0.05) is 0 Å². The number of rotatable bonds is 9. The summed E-state index contributed by atoms with van der Waals surface area (Å²) in [5.74, 6) is -5.49. The molecule has 0 bridgehead atoms. The molecule has 0 aliphatic rings. The van der Waals surface area contributed by atoms with Gasteiger partial charge in [-0.2, -0.15) is 0 Å². The third-order valence-corrected chi connectivity index (χ3v) is 2.89. The van der Waals surface area contributed by atoms with Gasteiger partial charge < -0.3 is 20.4 Å². The first-order valence-electron chi connectivity index (χ1n) is 5.77. The molecule has 0 fully saturated rings. The summed E-state index contributed by atoms with van der Waals surface area (Å²) in [4.78, 5) is 44.5. The lowest BCUT2D eigenvalue weighted by Gasteiger charge is -2.34. The molecule has 0 aliphatic heterocycles. The third kappa shape index (κ3) is 4.84. The highest BCUT2D eigenvalue weighted by Crippen LogP contribution is 2.17. The van der Waals surface area contributed by atoms with Gasteiger partial charge in [-0.05, 0) is 20.3 Å². The van der Waals surface area contributed by atoms with Crippen LogP contribution < -0.4 is 0 Å². The van der Waals surface area contributed by atoms with Crippen molar-refractivity contribution in [3.05, 3.63) is 0 Å². The topological polar surface area (TPSA) is 152 Å². The molecule has 0 amide bonds. The Balaban J connectivity index is 5.40. The highest BCUT2D eigenvalue weighted by molar-refractivity contribution is 5.81. The Morgan fingerprint density at radius 1 is 0.850 bits per heavy atom. The summed E-state index contributed by atoms with van der Waals surface area (Å²) in [5.41, 5.74) is 0. The molecular weight excluding hydrogens is 274 g/mol. The summed E-state index contributed by atoms with van der Waals surface area (Å²) >= 11 is 0. The van der Waals surface area contributed by atoms with Crippen LogP contribution in [-0.4, -0.2) is 67.3 Å². The molecule has 4 N–H and O–H groups in total. The second-order valence-electron chi connectivity index (χ2n) is 4.26. The fraction of sp³-hybridized carbons (Fsp3) is 0.636. The number of hydrogen-bond acceptors (Lipinski definition) is 5. The molecule has 0 aromatic heterocycles. The van der Waals surface area contributed by atoms with Crippen molar-refractivity contribution in [1.82, 2.24) is 4.90 Å². The summed E-state index contributed by atoms with van der Waals surface area (Å²) in [7, 11) is 0. The van der Waals surface area contributed by atoms with Crippen molar-refractivity contribution in [3.63, 3.8) is 0 Å². The molecule has 0 saturated heterocycles. The fourth-order valence-electron chi connectivity index (χ4n) is 1.79. The number of hydrogen-bond donors (Lipinski definition) is 4. The van der Waals surface area contributed by atoms with E-state index in [9.17, 15) is 19.2 Å². The van der Waals surface area contributed by atoms with Crippen LogP contribution in [0.15, 0.2) is 0 Å². The van der Waals surface area contributed by atoms with Crippen LogP contribution in [0.3, 0.4) is 0 Å². The van der Waals surface area contributed by atoms with Crippen molar-refractivity contribution < 1.29 is 39.6 Å². The molecule has 3 atom stereocenters. The van der Waals surface area contributed by atoms with Gasteiger partial charge in [-0.25, -0.2) is 0 Å².